The van der Waals surface area contributed by atoms with Gasteiger partial charge in [0.15, 0.2) is 9.84 Å². The molecule has 0 bridgehead atoms. The Morgan fingerprint density at radius 1 is 1.25 bits per heavy atom. The maximum absolute atomic E-state index is 12.0. The van der Waals surface area contributed by atoms with Crippen LogP contribution in [0.4, 0.5) is 4.39 Å². The molecule has 0 heterocycles. The summed E-state index contributed by atoms with van der Waals surface area (Å²) in [6.07, 6.45) is 1.12. The fraction of sp³-hybridized carbons (Fsp3) is 0.250. The predicted molar refractivity (Wildman–Crippen MR) is 44.4 cm³/mol. The summed E-state index contributed by atoms with van der Waals surface area (Å²) in [6, 6.07) is 5.75. The van der Waals surface area contributed by atoms with Crippen molar-refractivity contribution in [2.75, 3.05) is 6.26 Å². The second-order valence-corrected chi connectivity index (χ2v) is 4.57. The lowest BCUT2D eigenvalue weighted by Gasteiger charge is -1.98. The van der Waals surface area contributed by atoms with Gasteiger partial charge in [-0.2, -0.15) is 0 Å². The van der Waals surface area contributed by atoms with Crippen LogP contribution in [0.15, 0.2) is 29.2 Å². The quantitative estimate of drug-likeness (QED) is 0.705. The summed E-state index contributed by atoms with van der Waals surface area (Å²) in [5.74, 6) is 0. The van der Waals surface area contributed by atoms with Crippen LogP contribution in [0.1, 0.15) is 5.56 Å². The van der Waals surface area contributed by atoms with E-state index in [1.807, 2.05) is 0 Å². The molecule has 0 aliphatic rings. The number of rotatable bonds is 2. The van der Waals surface area contributed by atoms with Gasteiger partial charge in [0.05, 0.1) is 4.90 Å². The van der Waals surface area contributed by atoms with Crippen molar-refractivity contribution < 1.29 is 12.8 Å². The summed E-state index contributed by atoms with van der Waals surface area (Å²) in [6.45, 7) is -0.565. The Balaban J connectivity index is 3.09. The first-order valence-electron chi connectivity index (χ1n) is 3.39. The minimum absolute atomic E-state index is 0.222. The Labute approximate surface area is 71.0 Å². The molecule has 66 valence electrons. The highest BCUT2D eigenvalue weighted by molar-refractivity contribution is 7.90. The molecule has 1 aromatic rings. The van der Waals surface area contributed by atoms with Gasteiger partial charge in [0, 0.05) is 6.26 Å². The fourth-order valence-corrected chi connectivity index (χ4v) is 1.46. The van der Waals surface area contributed by atoms with E-state index in [9.17, 15) is 12.8 Å². The summed E-state index contributed by atoms with van der Waals surface area (Å²) in [5, 5.41) is 0. The molecule has 12 heavy (non-hydrogen) atoms. The Morgan fingerprint density at radius 2 is 1.75 bits per heavy atom. The third-order valence-corrected chi connectivity index (χ3v) is 2.63. The van der Waals surface area contributed by atoms with Gasteiger partial charge in [0.1, 0.15) is 6.67 Å². The van der Waals surface area contributed by atoms with E-state index in [1.165, 1.54) is 24.3 Å². The van der Waals surface area contributed by atoms with Gasteiger partial charge in [0.25, 0.3) is 0 Å². The molecule has 0 N–H and O–H groups in total. The smallest absolute Gasteiger partial charge is 0.175 e. The third-order valence-electron chi connectivity index (χ3n) is 1.51. The average Bonchev–Trinajstić information content (AvgIpc) is 2.03. The van der Waals surface area contributed by atoms with E-state index in [2.05, 4.69) is 0 Å². The van der Waals surface area contributed by atoms with Gasteiger partial charge in [-0.25, -0.2) is 12.8 Å². The molecule has 0 fully saturated rings. The summed E-state index contributed by atoms with van der Waals surface area (Å²) in [7, 11) is -3.15. The van der Waals surface area contributed by atoms with E-state index in [-0.39, 0.29) is 4.90 Å². The first-order valence-corrected chi connectivity index (χ1v) is 5.28. The van der Waals surface area contributed by atoms with Crippen molar-refractivity contribution in [1.82, 2.24) is 0 Å². The van der Waals surface area contributed by atoms with Gasteiger partial charge in [-0.15, -0.1) is 0 Å². The second kappa shape index (κ2) is 3.23. The van der Waals surface area contributed by atoms with Crippen LogP contribution in [0.25, 0.3) is 0 Å². The van der Waals surface area contributed by atoms with E-state index in [0.717, 1.165) is 6.26 Å². The van der Waals surface area contributed by atoms with Crippen LogP contribution in [-0.4, -0.2) is 14.7 Å². The van der Waals surface area contributed by atoms with Crippen molar-refractivity contribution in [3.8, 4) is 0 Å². The molecular formula is C8H9FO2S. The van der Waals surface area contributed by atoms with Crippen molar-refractivity contribution in [2.24, 2.45) is 0 Å². The molecule has 0 aromatic heterocycles. The molecular weight excluding hydrogens is 179 g/mol. The molecule has 4 heteroatoms. The molecule has 1 aromatic carbocycles. The molecule has 0 atom stereocenters. The standard InChI is InChI=1S/C8H9FO2S/c1-12(10,11)8-4-2-7(6-9)3-5-8/h2-5H,6H2,1H3. The molecule has 0 aliphatic carbocycles. The zero-order valence-electron chi connectivity index (χ0n) is 6.62. The van der Waals surface area contributed by atoms with Gasteiger partial charge in [-0.1, -0.05) is 12.1 Å². The molecule has 0 saturated carbocycles. The van der Waals surface area contributed by atoms with Crippen LogP contribution in [0.2, 0.25) is 0 Å². The monoisotopic (exact) mass is 188 g/mol. The minimum Gasteiger partial charge on any atom is -0.246 e. The highest BCUT2D eigenvalue weighted by atomic mass is 32.2. The number of sulfone groups is 1. The molecule has 0 amide bonds. The predicted octanol–water partition coefficient (Wildman–Crippen LogP) is 1.56. The summed E-state index contributed by atoms with van der Waals surface area (Å²) in [5.41, 5.74) is 0.488. The van der Waals surface area contributed by atoms with E-state index in [1.54, 1.807) is 0 Å². The van der Waals surface area contributed by atoms with Crippen molar-refractivity contribution in [2.45, 2.75) is 11.6 Å². The molecule has 0 radical (unpaired) electrons. The summed E-state index contributed by atoms with van der Waals surface area (Å²) in [4.78, 5) is 0.222. The van der Waals surface area contributed by atoms with E-state index < -0.39 is 16.5 Å². The number of benzene rings is 1. The Hall–Kier alpha value is -0.900. The zero-order valence-corrected chi connectivity index (χ0v) is 7.44. The van der Waals surface area contributed by atoms with E-state index in [4.69, 9.17) is 0 Å². The lowest BCUT2D eigenvalue weighted by atomic mass is 10.2. The van der Waals surface area contributed by atoms with Gasteiger partial charge >= 0.3 is 0 Å². The maximum atomic E-state index is 12.0. The Kier molecular flexibility index (Phi) is 2.47. The lowest BCUT2D eigenvalue weighted by Crippen LogP contribution is -1.96. The Bertz CT molecular complexity index is 353. The fourth-order valence-electron chi connectivity index (χ4n) is 0.826. The number of hydrogen-bond donors (Lipinski definition) is 0. The minimum atomic E-state index is -3.15. The van der Waals surface area contributed by atoms with Crippen LogP contribution in [0.3, 0.4) is 0 Å². The van der Waals surface area contributed by atoms with Crippen molar-refractivity contribution in [1.29, 1.82) is 0 Å². The van der Waals surface area contributed by atoms with Crippen molar-refractivity contribution >= 4 is 9.84 Å². The molecule has 2 nitrogen and oxygen atoms in total. The SMILES string of the molecule is CS(=O)(=O)c1ccc(CF)cc1. The number of halogens is 1. The van der Waals surface area contributed by atoms with Crippen molar-refractivity contribution in [3.63, 3.8) is 0 Å². The second-order valence-electron chi connectivity index (χ2n) is 2.55. The van der Waals surface area contributed by atoms with Crippen LogP contribution in [0, 0.1) is 0 Å². The highest BCUT2D eigenvalue weighted by Gasteiger charge is 2.05. The topological polar surface area (TPSA) is 34.1 Å². The largest absolute Gasteiger partial charge is 0.246 e. The average molecular weight is 188 g/mol. The molecule has 1 rings (SSSR count). The molecule has 0 spiro atoms. The third kappa shape index (κ3) is 2.04. The number of hydrogen-bond acceptors (Lipinski definition) is 2. The van der Waals surface area contributed by atoms with Crippen LogP contribution < -0.4 is 0 Å². The summed E-state index contributed by atoms with van der Waals surface area (Å²) >= 11 is 0. The van der Waals surface area contributed by atoms with E-state index in [0.29, 0.717) is 5.56 Å². The molecule has 0 unspecified atom stereocenters. The van der Waals surface area contributed by atoms with Gasteiger partial charge in [-0.3, -0.25) is 0 Å². The number of alkyl halides is 1. The highest BCUT2D eigenvalue weighted by Crippen LogP contribution is 2.10. The normalized spacial score (nSPS) is 11.5. The first kappa shape index (κ1) is 9.19. The first-order chi connectivity index (χ1) is 5.54. The summed E-state index contributed by atoms with van der Waals surface area (Å²) < 4.78 is 33.9. The van der Waals surface area contributed by atoms with Gasteiger partial charge in [0.2, 0.25) is 0 Å². The van der Waals surface area contributed by atoms with Crippen LogP contribution in [0.5, 0.6) is 0 Å². The van der Waals surface area contributed by atoms with Gasteiger partial charge < -0.3 is 0 Å². The maximum Gasteiger partial charge on any atom is 0.175 e. The molecule has 0 aliphatic heterocycles. The van der Waals surface area contributed by atoms with E-state index >= 15 is 0 Å². The molecule has 0 saturated heterocycles. The zero-order chi connectivity index (χ0) is 9.19. The van der Waals surface area contributed by atoms with Crippen LogP contribution in [-0.2, 0) is 16.5 Å². The van der Waals surface area contributed by atoms with Gasteiger partial charge in [-0.05, 0) is 17.7 Å². The van der Waals surface area contributed by atoms with Crippen molar-refractivity contribution in [3.05, 3.63) is 29.8 Å². The van der Waals surface area contributed by atoms with Crippen LogP contribution >= 0.6 is 0 Å². The lowest BCUT2D eigenvalue weighted by molar-refractivity contribution is 0.485. The Morgan fingerprint density at radius 3 is 2.08 bits per heavy atom.